The van der Waals surface area contributed by atoms with E-state index in [0.29, 0.717) is 13.2 Å². The Kier molecular flexibility index (Phi) is 5.02. The molecule has 1 heterocycles. The molecule has 112 valence electrons. The summed E-state index contributed by atoms with van der Waals surface area (Å²) in [6.45, 7) is 7.39. The normalized spacial score (nSPS) is 20.6. The molecule has 0 bridgehead atoms. The van der Waals surface area contributed by atoms with Gasteiger partial charge in [0, 0.05) is 11.6 Å². The second-order valence-corrected chi connectivity index (χ2v) is 5.59. The van der Waals surface area contributed by atoms with Crippen LogP contribution >= 0.6 is 0 Å². The fourth-order valence-corrected chi connectivity index (χ4v) is 2.45. The number of para-hydroxylation sites is 1. The second-order valence-electron chi connectivity index (χ2n) is 5.59. The van der Waals surface area contributed by atoms with Crippen molar-refractivity contribution in [1.29, 1.82) is 0 Å². The van der Waals surface area contributed by atoms with Crippen molar-refractivity contribution < 1.29 is 14.2 Å². The zero-order chi connectivity index (χ0) is 14.6. The van der Waals surface area contributed by atoms with Crippen LogP contribution in [0.3, 0.4) is 0 Å². The summed E-state index contributed by atoms with van der Waals surface area (Å²) < 4.78 is 16.8. The topological polar surface area (TPSA) is 39.7 Å². The molecule has 2 rings (SSSR count). The Hall–Kier alpha value is -1.10. The summed E-state index contributed by atoms with van der Waals surface area (Å²) in [6, 6.07) is 8.58. The number of hydrogen-bond donors (Lipinski definition) is 1. The molecule has 1 aliphatic heterocycles. The van der Waals surface area contributed by atoms with Gasteiger partial charge in [0.15, 0.2) is 5.79 Å². The fourth-order valence-electron chi connectivity index (χ4n) is 2.45. The molecule has 1 saturated heterocycles. The van der Waals surface area contributed by atoms with E-state index in [2.05, 4.69) is 18.3 Å². The zero-order valence-corrected chi connectivity index (χ0v) is 12.8. The molecule has 0 saturated carbocycles. The highest BCUT2D eigenvalue weighted by Crippen LogP contribution is 2.28. The Morgan fingerprint density at radius 1 is 1.30 bits per heavy atom. The summed E-state index contributed by atoms with van der Waals surface area (Å²) in [4.78, 5) is 0. The van der Waals surface area contributed by atoms with Crippen molar-refractivity contribution in [2.75, 3.05) is 20.3 Å². The maximum Gasteiger partial charge on any atom is 0.162 e. The highest BCUT2D eigenvalue weighted by molar-refractivity contribution is 5.35. The number of nitrogens with one attached hydrogen (secondary N) is 1. The van der Waals surface area contributed by atoms with Crippen molar-refractivity contribution in [3.63, 3.8) is 0 Å². The van der Waals surface area contributed by atoms with E-state index in [1.807, 2.05) is 32.0 Å². The lowest BCUT2D eigenvalue weighted by Gasteiger charge is -2.37. The molecule has 4 nitrogen and oxygen atoms in total. The standard InChI is InChI=1S/C16H25NO3/c1-5-14(13-8-6-7-9-15(13)18-4)17-12-10-19-16(2,3)20-11-12/h6-9,12,14,17H,5,10-11H2,1-4H3. The summed E-state index contributed by atoms with van der Waals surface area (Å²) in [6.07, 6.45) is 0.986. The van der Waals surface area contributed by atoms with E-state index >= 15 is 0 Å². The lowest BCUT2D eigenvalue weighted by Crippen LogP contribution is -2.49. The average molecular weight is 279 g/mol. The molecule has 1 aromatic carbocycles. The van der Waals surface area contributed by atoms with E-state index in [1.54, 1.807) is 7.11 Å². The van der Waals surface area contributed by atoms with Gasteiger partial charge in [-0.3, -0.25) is 0 Å². The molecule has 0 radical (unpaired) electrons. The van der Waals surface area contributed by atoms with Crippen LogP contribution in [0.15, 0.2) is 24.3 Å². The van der Waals surface area contributed by atoms with Gasteiger partial charge in [-0.1, -0.05) is 25.1 Å². The molecule has 1 unspecified atom stereocenters. The van der Waals surface area contributed by atoms with Crippen LogP contribution in [-0.4, -0.2) is 32.2 Å². The third-order valence-corrected chi connectivity index (χ3v) is 3.62. The number of benzene rings is 1. The number of ether oxygens (including phenoxy) is 3. The molecular weight excluding hydrogens is 254 g/mol. The van der Waals surface area contributed by atoms with Crippen molar-refractivity contribution in [3.8, 4) is 5.75 Å². The van der Waals surface area contributed by atoms with Crippen LogP contribution in [-0.2, 0) is 9.47 Å². The Bertz CT molecular complexity index is 423. The van der Waals surface area contributed by atoms with Gasteiger partial charge in [-0.05, 0) is 26.3 Å². The van der Waals surface area contributed by atoms with Crippen molar-refractivity contribution >= 4 is 0 Å². The third kappa shape index (κ3) is 3.72. The van der Waals surface area contributed by atoms with Crippen molar-refractivity contribution in [1.82, 2.24) is 5.32 Å². The first-order chi connectivity index (χ1) is 9.55. The van der Waals surface area contributed by atoms with Gasteiger partial charge < -0.3 is 19.5 Å². The molecule has 4 heteroatoms. The van der Waals surface area contributed by atoms with Crippen molar-refractivity contribution in [2.45, 2.75) is 45.1 Å². The Balaban J connectivity index is 2.02. The molecule has 1 fully saturated rings. The molecule has 0 spiro atoms. The Morgan fingerprint density at radius 2 is 1.95 bits per heavy atom. The van der Waals surface area contributed by atoms with E-state index in [-0.39, 0.29) is 12.1 Å². The van der Waals surface area contributed by atoms with E-state index in [1.165, 1.54) is 5.56 Å². The summed E-state index contributed by atoms with van der Waals surface area (Å²) >= 11 is 0. The lowest BCUT2D eigenvalue weighted by molar-refractivity contribution is -0.253. The summed E-state index contributed by atoms with van der Waals surface area (Å²) in [5.74, 6) is 0.453. The van der Waals surface area contributed by atoms with E-state index in [4.69, 9.17) is 14.2 Å². The zero-order valence-electron chi connectivity index (χ0n) is 12.8. The van der Waals surface area contributed by atoms with Gasteiger partial charge in [0.05, 0.1) is 26.4 Å². The summed E-state index contributed by atoms with van der Waals surface area (Å²) in [7, 11) is 1.71. The van der Waals surface area contributed by atoms with Gasteiger partial charge in [-0.25, -0.2) is 0 Å². The number of rotatable bonds is 5. The molecule has 1 aliphatic rings. The summed E-state index contributed by atoms with van der Waals surface area (Å²) in [5, 5.41) is 3.60. The Morgan fingerprint density at radius 3 is 2.55 bits per heavy atom. The predicted octanol–water partition coefficient (Wildman–Crippen LogP) is 2.89. The van der Waals surface area contributed by atoms with Crippen LogP contribution in [0.25, 0.3) is 0 Å². The largest absolute Gasteiger partial charge is 0.496 e. The van der Waals surface area contributed by atoms with Crippen LogP contribution in [0.5, 0.6) is 5.75 Å². The van der Waals surface area contributed by atoms with Gasteiger partial charge in [0.1, 0.15) is 5.75 Å². The molecule has 20 heavy (non-hydrogen) atoms. The highest BCUT2D eigenvalue weighted by atomic mass is 16.7. The molecule has 0 amide bonds. The predicted molar refractivity (Wildman–Crippen MR) is 78.9 cm³/mol. The average Bonchev–Trinajstić information content (AvgIpc) is 2.46. The van der Waals surface area contributed by atoms with Gasteiger partial charge in [-0.2, -0.15) is 0 Å². The smallest absolute Gasteiger partial charge is 0.162 e. The summed E-state index contributed by atoms with van der Waals surface area (Å²) in [5.41, 5.74) is 1.18. The van der Waals surface area contributed by atoms with E-state index in [9.17, 15) is 0 Å². The van der Waals surface area contributed by atoms with Crippen LogP contribution in [0, 0.1) is 0 Å². The van der Waals surface area contributed by atoms with Gasteiger partial charge in [0.25, 0.3) is 0 Å². The van der Waals surface area contributed by atoms with E-state index in [0.717, 1.165) is 12.2 Å². The van der Waals surface area contributed by atoms with Crippen molar-refractivity contribution in [2.24, 2.45) is 0 Å². The number of hydrogen-bond acceptors (Lipinski definition) is 4. The second kappa shape index (κ2) is 6.57. The van der Waals surface area contributed by atoms with Crippen molar-refractivity contribution in [3.05, 3.63) is 29.8 Å². The molecule has 1 N–H and O–H groups in total. The SMILES string of the molecule is CCC(NC1COC(C)(C)OC1)c1ccccc1OC. The Labute approximate surface area is 121 Å². The third-order valence-electron chi connectivity index (χ3n) is 3.62. The molecule has 1 atom stereocenters. The first-order valence-corrected chi connectivity index (χ1v) is 7.22. The number of methoxy groups -OCH3 is 1. The maximum atomic E-state index is 5.70. The van der Waals surface area contributed by atoms with Gasteiger partial charge in [0.2, 0.25) is 0 Å². The highest BCUT2D eigenvalue weighted by Gasteiger charge is 2.29. The van der Waals surface area contributed by atoms with E-state index < -0.39 is 5.79 Å². The lowest BCUT2D eigenvalue weighted by atomic mass is 10.0. The van der Waals surface area contributed by atoms with Gasteiger partial charge in [-0.15, -0.1) is 0 Å². The minimum atomic E-state index is -0.468. The van der Waals surface area contributed by atoms with Crippen LogP contribution in [0.4, 0.5) is 0 Å². The molecule has 1 aromatic rings. The van der Waals surface area contributed by atoms with Crippen LogP contribution < -0.4 is 10.1 Å². The first-order valence-electron chi connectivity index (χ1n) is 7.22. The monoisotopic (exact) mass is 279 g/mol. The van der Waals surface area contributed by atoms with Crippen LogP contribution in [0.1, 0.15) is 38.8 Å². The quantitative estimate of drug-likeness (QED) is 0.899. The minimum Gasteiger partial charge on any atom is -0.496 e. The van der Waals surface area contributed by atoms with Gasteiger partial charge >= 0.3 is 0 Å². The molecular formula is C16H25NO3. The minimum absolute atomic E-state index is 0.206. The first kappa shape index (κ1) is 15.3. The molecule has 0 aromatic heterocycles. The van der Waals surface area contributed by atoms with Crippen LogP contribution in [0.2, 0.25) is 0 Å². The maximum absolute atomic E-state index is 5.70. The fraction of sp³-hybridized carbons (Fsp3) is 0.625. The molecule has 0 aliphatic carbocycles.